The van der Waals surface area contributed by atoms with E-state index in [4.69, 9.17) is 19.0 Å². The van der Waals surface area contributed by atoms with Crippen LogP contribution in [0.2, 0.25) is 0 Å². The van der Waals surface area contributed by atoms with Crippen molar-refractivity contribution >= 4 is 11.8 Å². The van der Waals surface area contributed by atoms with Crippen LogP contribution in [0.3, 0.4) is 0 Å². The van der Waals surface area contributed by atoms with Crippen LogP contribution in [0.25, 0.3) is 0 Å². The minimum atomic E-state index is -0.246. The van der Waals surface area contributed by atoms with Gasteiger partial charge in [0.2, 0.25) is 11.8 Å². The molecule has 0 unspecified atom stereocenters. The maximum absolute atomic E-state index is 14.0. The molecule has 2 saturated heterocycles. The lowest BCUT2D eigenvalue weighted by molar-refractivity contribution is 0.0694. The van der Waals surface area contributed by atoms with Gasteiger partial charge in [0, 0.05) is 37.1 Å². The summed E-state index contributed by atoms with van der Waals surface area (Å²) in [5.41, 5.74) is 3.96. The number of carbonyl (C=O) groups excluding carboxylic acids is 2. The number of nitrogens with zero attached hydrogens (tertiary/aromatic N) is 6. The summed E-state index contributed by atoms with van der Waals surface area (Å²) in [6.07, 6.45) is 11.3. The Kier molecular flexibility index (Phi) is 8.48. The quantitative estimate of drug-likeness (QED) is 0.131. The molecule has 266 valence electrons. The molecule has 2 spiro atoms. The van der Waals surface area contributed by atoms with Gasteiger partial charge in [-0.15, -0.1) is 0 Å². The Morgan fingerprint density at radius 3 is 1.37 bits per heavy atom. The van der Waals surface area contributed by atoms with Crippen LogP contribution in [0.15, 0.2) is 94.0 Å². The van der Waals surface area contributed by atoms with Crippen molar-refractivity contribution in [2.24, 2.45) is 10.8 Å². The van der Waals surface area contributed by atoms with Crippen molar-refractivity contribution in [3.05, 3.63) is 131 Å². The molecule has 2 saturated carbocycles. The molecule has 5 aromatic rings. The first kappa shape index (κ1) is 32.8. The summed E-state index contributed by atoms with van der Waals surface area (Å²) in [5, 5.41) is 8.56. The first-order valence-electron chi connectivity index (χ1n) is 18.9. The fourth-order valence-electron chi connectivity index (χ4n) is 8.35. The highest BCUT2D eigenvalue weighted by molar-refractivity contribution is 5.98. The highest BCUT2D eigenvalue weighted by Gasteiger charge is 2.56. The van der Waals surface area contributed by atoms with Crippen molar-refractivity contribution in [3.8, 4) is 0 Å². The van der Waals surface area contributed by atoms with Gasteiger partial charge >= 0.3 is 0 Å². The van der Waals surface area contributed by atoms with Crippen molar-refractivity contribution in [1.82, 2.24) is 30.1 Å². The first-order chi connectivity index (χ1) is 25.4. The van der Waals surface area contributed by atoms with E-state index in [9.17, 15) is 9.59 Å². The van der Waals surface area contributed by atoms with Crippen molar-refractivity contribution in [1.29, 1.82) is 0 Å². The zero-order valence-electron chi connectivity index (χ0n) is 29.5. The van der Waals surface area contributed by atoms with Crippen LogP contribution >= 0.6 is 0 Å². The molecule has 10 heteroatoms. The standard InChI is InChI=1S/C42H44N6O4/c49-39(47-27-41(21-22-41)25-33(47)37-43-35(45-51-37)15-7-13-29-9-3-1-4-10-29)31-17-19-32(20-18-31)40(50)48-28-42(23-24-42)26-34(48)38-44-36(46-52-38)16-8-14-30-11-5-2-6-12-30/h1-6,9-12,17-20,33-34H,7-8,13-16,21-28H2/t33-,34-/m0/s1. The summed E-state index contributed by atoms with van der Waals surface area (Å²) in [6, 6.07) is 27.4. The van der Waals surface area contributed by atoms with E-state index in [-0.39, 0.29) is 34.7 Å². The van der Waals surface area contributed by atoms with Gasteiger partial charge in [-0.05, 0) is 110 Å². The molecule has 2 aliphatic heterocycles. The number of hydrogen-bond acceptors (Lipinski definition) is 8. The minimum Gasteiger partial charge on any atom is -0.337 e. The fourth-order valence-corrected chi connectivity index (χ4v) is 8.35. The highest BCUT2D eigenvalue weighted by Crippen LogP contribution is 2.59. The van der Waals surface area contributed by atoms with Crippen LogP contribution in [-0.4, -0.2) is 55.0 Å². The average Bonchev–Trinajstić information content (AvgIpc) is 3.78. The molecule has 2 atom stereocenters. The van der Waals surface area contributed by atoms with E-state index in [0.29, 0.717) is 47.6 Å². The zero-order valence-corrected chi connectivity index (χ0v) is 29.5. The number of likely N-dealkylation sites (tertiary alicyclic amines) is 2. The molecule has 2 aliphatic carbocycles. The smallest absolute Gasteiger partial charge is 0.254 e. The van der Waals surface area contributed by atoms with E-state index in [1.54, 1.807) is 24.3 Å². The predicted molar refractivity (Wildman–Crippen MR) is 192 cm³/mol. The number of benzene rings is 3. The summed E-state index contributed by atoms with van der Waals surface area (Å²) in [6.45, 7) is 1.36. The molecule has 10 nitrogen and oxygen atoms in total. The summed E-state index contributed by atoms with van der Waals surface area (Å²) >= 11 is 0. The second-order valence-corrected chi connectivity index (χ2v) is 15.7. The van der Waals surface area contributed by atoms with Crippen LogP contribution in [0.1, 0.15) is 119 Å². The maximum Gasteiger partial charge on any atom is 0.254 e. The molecule has 0 N–H and O–H groups in total. The molecule has 4 fully saturated rings. The second-order valence-electron chi connectivity index (χ2n) is 15.7. The van der Waals surface area contributed by atoms with E-state index in [2.05, 4.69) is 58.8 Å². The molecule has 9 rings (SSSR count). The SMILES string of the molecule is O=C(c1ccc(C(=O)N2CC3(CC3)C[C@H]2c2nc(CCCc3ccccc3)no2)cc1)N1CC2(CC2)C[C@H]1c1nc(CCCc2ccccc2)no1. The lowest BCUT2D eigenvalue weighted by atomic mass is 10.0. The van der Waals surface area contributed by atoms with Crippen LogP contribution in [-0.2, 0) is 25.7 Å². The van der Waals surface area contributed by atoms with Gasteiger partial charge in [0.15, 0.2) is 11.6 Å². The van der Waals surface area contributed by atoms with Crippen LogP contribution in [0, 0.1) is 10.8 Å². The maximum atomic E-state index is 14.0. The Hall–Kier alpha value is -5.12. The van der Waals surface area contributed by atoms with E-state index >= 15 is 0 Å². The van der Waals surface area contributed by atoms with Gasteiger partial charge < -0.3 is 18.8 Å². The minimum absolute atomic E-state index is 0.0711. The molecule has 2 aromatic heterocycles. The molecule has 0 bridgehead atoms. The molecular formula is C42H44N6O4. The summed E-state index contributed by atoms with van der Waals surface area (Å²) < 4.78 is 11.6. The van der Waals surface area contributed by atoms with E-state index in [1.807, 2.05) is 21.9 Å². The molecule has 52 heavy (non-hydrogen) atoms. The second kappa shape index (κ2) is 13.5. The topological polar surface area (TPSA) is 118 Å². The Balaban J connectivity index is 0.853. The van der Waals surface area contributed by atoms with Crippen LogP contribution in [0.4, 0.5) is 0 Å². The van der Waals surface area contributed by atoms with Crippen molar-refractivity contribution < 1.29 is 18.6 Å². The lowest BCUT2D eigenvalue weighted by Crippen LogP contribution is -2.32. The lowest BCUT2D eigenvalue weighted by Gasteiger charge is -2.23. The number of rotatable bonds is 12. The number of aryl methyl sites for hydroxylation is 4. The monoisotopic (exact) mass is 696 g/mol. The van der Waals surface area contributed by atoms with Gasteiger partial charge in [-0.3, -0.25) is 9.59 Å². The van der Waals surface area contributed by atoms with Gasteiger partial charge in [0.05, 0.1) is 0 Å². The third-order valence-electron chi connectivity index (χ3n) is 11.8. The van der Waals surface area contributed by atoms with E-state index in [1.165, 1.54) is 11.1 Å². The third kappa shape index (κ3) is 6.78. The van der Waals surface area contributed by atoms with Gasteiger partial charge in [-0.25, -0.2) is 0 Å². The third-order valence-corrected chi connectivity index (χ3v) is 11.8. The molecular weight excluding hydrogens is 652 g/mol. The largest absolute Gasteiger partial charge is 0.337 e. The Morgan fingerprint density at radius 1 is 0.577 bits per heavy atom. The summed E-state index contributed by atoms with van der Waals surface area (Å²) in [4.78, 5) is 41.4. The fraction of sp³-hybridized carbons (Fsp3) is 0.429. The Morgan fingerprint density at radius 2 is 0.981 bits per heavy atom. The number of carbonyl (C=O) groups is 2. The first-order valence-corrected chi connectivity index (χ1v) is 18.9. The number of hydrogen-bond donors (Lipinski definition) is 0. The Labute approximate surface area is 303 Å². The average molecular weight is 697 g/mol. The van der Waals surface area contributed by atoms with E-state index in [0.717, 1.165) is 77.0 Å². The highest BCUT2D eigenvalue weighted by atomic mass is 16.5. The van der Waals surface area contributed by atoms with Crippen LogP contribution < -0.4 is 0 Å². The van der Waals surface area contributed by atoms with Crippen LogP contribution in [0.5, 0.6) is 0 Å². The molecule has 4 aliphatic rings. The van der Waals surface area contributed by atoms with Gasteiger partial charge in [0.25, 0.3) is 11.8 Å². The van der Waals surface area contributed by atoms with Crippen molar-refractivity contribution in [3.63, 3.8) is 0 Å². The molecule has 2 amide bonds. The number of aromatic nitrogens is 4. The van der Waals surface area contributed by atoms with Crippen molar-refractivity contribution in [2.75, 3.05) is 13.1 Å². The summed E-state index contributed by atoms with van der Waals surface area (Å²) in [5.74, 6) is 2.27. The predicted octanol–water partition coefficient (Wildman–Crippen LogP) is 7.54. The molecule has 4 heterocycles. The number of amides is 2. The zero-order chi connectivity index (χ0) is 35.1. The normalized spacial score (nSPS) is 20.9. The van der Waals surface area contributed by atoms with Crippen molar-refractivity contribution in [2.45, 2.75) is 89.1 Å². The van der Waals surface area contributed by atoms with E-state index < -0.39 is 0 Å². The Bertz CT molecular complexity index is 1890. The van der Waals surface area contributed by atoms with Gasteiger partial charge in [0.1, 0.15) is 12.1 Å². The van der Waals surface area contributed by atoms with Gasteiger partial charge in [-0.1, -0.05) is 71.0 Å². The molecule has 0 radical (unpaired) electrons. The molecule has 3 aromatic carbocycles. The van der Waals surface area contributed by atoms with Gasteiger partial charge in [-0.2, -0.15) is 9.97 Å². The summed E-state index contributed by atoms with van der Waals surface area (Å²) in [7, 11) is 0.